The molecule has 0 aromatic rings. The Balaban J connectivity index is 2.77. The molecule has 0 aromatic carbocycles. The van der Waals surface area contributed by atoms with Gasteiger partial charge >= 0.3 is 0 Å². The minimum atomic E-state index is 0.289. The van der Waals surface area contributed by atoms with Crippen LogP contribution >= 0.6 is 0 Å². The molecule has 0 aliphatic carbocycles. The molecule has 1 aliphatic rings. The van der Waals surface area contributed by atoms with Crippen molar-refractivity contribution in [1.29, 1.82) is 0 Å². The Labute approximate surface area is 89.3 Å². The van der Waals surface area contributed by atoms with Crippen LogP contribution < -0.4 is 0 Å². The van der Waals surface area contributed by atoms with E-state index in [2.05, 4.69) is 58.3 Å². The number of nitrogens with zero attached hydrogens (tertiary/aromatic N) is 2. The minimum Gasteiger partial charge on any atom is -0.284 e. The van der Waals surface area contributed by atoms with Crippen LogP contribution in [0.15, 0.2) is 0 Å². The Morgan fingerprint density at radius 2 is 1.57 bits per heavy atom. The van der Waals surface area contributed by atoms with Crippen molar-refractivity contribution in [2.75, 3.05) is 6.67 Å². The number of hydrogen-bond acceptors (Lipinski definition) is 2. The summed E-state index contributed by atoms with van der Waals surface area (Å²) in [5.41, 5.74) is 0.289. The van der Waals surface area contributed by atoms with Crippen molar-refractivity contribution < 1.29 is 0 Å². The van der Waals surface area contributed by atoms with Crippen LogP contribution in [-0.4, -0.2) is 40.1 Å². The maximum atomic E-state index is 2.59. The topological polar surface area (TPSA) is 6.48 Å². The van der Waals surface area contributed by atoms with Gasteiger partial charge < -0.3 is 0 Å². The highest BCUT2D eigenvalue weighted by Crippen LogP contribution is 2.29. The lowest BCUT2D eigenvalue weighted by Crippen LogP contribution is -2.45. The lowest BCUT2D eigenvalue weighted by atomic mass is 10.0. The number of hydrogen-bond donors (Lipinski definition) is 0. The molecule has 2 atom stereocenters. The molecule has 2 unspecified atom stereocenters. The van der Waals surface area contributed by atoms with E-state index in [4.69, 9.17) is 0 Å². The van der Waals surface area contributed by atoms with Crippen LogP contribution in [0.3, 0.4) is 0 Å². The minimum absolute atomic E-state index is 0.289. The zero-order valence-electron chi connectivity index (χ0n) is 10.8. The van der Waals surface area contributed by atoms with Crippen LogP contribution in [0.1, 0.15) is 48.5 Å². The van der Waals surface area contributed by atoms with E-state index in [1.807, 2.05) is 0 Å². The molecule has 0 amide bonds. The molecule has 2 heteroatoms. The molecule has 1 rings (SSSR count). The van der Waals surface area contributed by atoms with Crippen molar-refractivity contribution >= 4 is 0 Å². The molecule has 1 aliphatic heterocycles. The molecule has 1 saturated heterocycles. The summed E-state index contributed by atoms with van der Waals surface area (Å²) in [6.45, 7) is 17.3. The van der Waals surface area contributed by atoms with E-state index in [9.17, 15) is 0 Å². The first-order chi connectivity index (χ1) is 6.25. The van der Waals surface area contributed by atoms with Crippen molar-refractivity contribution in [1.82, 2.24) is 9.80 Å². The SMILES string of the molecule is CC(C)N1CN(C(C)(C)C)C(C)C1C. The van der Waals surface area contributed by atoms with Gasteiger partial charge in [0.2, 0.25) is 0 Å². The molecule has 0 saturated carbocycles. The van der Waals surface area contributed by atoms with Gasteiger partial charge in [-0.05, 0) is 48.5 Å². The Morgan fingerprint density at radius 3 is 1.79 bits per heavy atom. The first-order valence-corrected chi connectivity index (χ1v) is 5.77. The van der Waals surface area contributed by atoms with E-state index >= 15 is 0 Å². The summed E-state index contributed by atoms with van der Waals surface area (Å²) in [6, 6.07) is 1.99. The highest BCUT2D eigenvalue weighted by Gasteiger charge is 2.40. The predicted octanol–water partition coefficient (Wildman–Crippen LogP) is 2.55. The zero-order valence-corrected chi connectivity index (χ0v) is 10.8. The van der Waals surface area contributed by atoms with Crippen molar-refractivity contribution in [3.8, 4) is 0 Å². The molecule has 2 nitrogen and oxygen atoms in total. The second-order valence-electron chi connectivity index (χ2n) is 5.87. The van der Waals surface area contributed by atoms with Crippen LogP contribution in [0.4, 0.5) is 0 Å². The summed E-state index contributed by atoms with van der Waals surface area (Å²) in [7, 11) is 0. The molecule has 84 valence electrons. The number of rotatable bonds is 1. The second kappa shape index (κ2) is 3.82. The van der Waals surface area contributed by atoms with E-state index < -0.39 is 0 Å². The van der Waals surface area contributed by atoms with Crippen molar-refractivity contribution in [2.45, 2.75) is 72.1 Å². The van der Waals surface area contributed by atoms with Gasteiger partial charge in [-0.2, -0.15) is 0 Å². The average molecular weight is 198 g/mol. The standard InChI is InChI=1S/C12H26N2/c1-9(2)13-8-14(12(5,6)7)11(4)10(13)3/h9-11H,8H2,1-7H3. The molecule has 14 heavy (non-hydrogen) atoms. The quantitative estimate of drug-likeness (QED) is 0.639. The molecule has 1 heterocycles. The summed E-state index contributed by atoms with van der Waals surface area (Å²) in [5, 5.41) is 0. The largest absolute Gasteiger partial charge is 0.284 e. The predicted molar refractivity (Wildman–Crippen MR) is 62.4 cm³/mol. The fraction of sp³-hybridized carbons (Fsp3) is 1.00. The zero-order chi connectivity index (χ0) is 11.1. The summed E-state index contributed by atoms with van der Waals surface area (Å²) in [5.74, 6) is 0. The van der Waals surface area contributed by atoms with E-state index in [0.717, 1.165) is 6.67 Å². The highest BCUT2D eigenvalue weighted by atomic mass is 15.4. The van der Waals surface area contributed by atoms with Gasteiger partial charge in [0.1, 0.15) is 0 Å². The summed E-state index contributed by atoms with van der Waals surface area (Å²) >= 11 is 0. The third-order valence-corrected chi connectivity index (χ3v) is 3.55. The van der Waals surface area contributed by atoms with E-state index in [1.54, 1.807) is 0 Å². The molecule has 0 radical (unpaired) electrons. The maximum Gasteiger partial charge on any atom is 0.0520 e. The fourth-order valence-corrected chi connectivity index (χ4v) is 2.43. The van der Waals surface area contributed by atoms with Gasteiger partial charge in [-0.1, -0.05) is 0 Å². The summed E-state index contributed by atoms with van der Waals surface area (Å²) in [4.78, 5) is 5.17. The van der Waals surface area contributed by atoms with Gasteiger partial charge in [-0.3, -0.25) is 9.80 Å². The average Bonchev–Trinajstić information content (AvgIpc) is 2.28. The second-order valence-corrected chi connectivity index (χ2v) is 5.87. The van der Waals surface area contributed by atoms with Crippen molar-refractivity contribution in [3.63, 3.8) is 0 Å². The van der Waals surface area contributed by atoms with Crippen LogP contribution in [0.25, 0.3) is 0 Å². The van der Waals surface area contributed by atoms with Crippen LogP contribution in [0.5, 0.6) is 0 Å². The van der Waals surface area contributed by atoms with Gasteiger partial charge in [-0.15, -0.1) is 0 Å². The van der Waals surface area contributed by atoms with Gasteiger partial charge in [0, 0.05) is 23.7 Å². The molecule has 0 N–H and O–H groups in total. The van der Waals surface area contributed by atoms with Crippen molar-refractivity contribution in [2.24, 2.45) is 0 Å². The smallest absolute Gasteiger partial charge is 0.0520 e. The van der Waals surface area contributed by atoms with Crippen LogP contribution in [-0.2, 0) is 0 Å². The van der Waals surface area contributed by atoms with Crippen molar-refractivity contribution in [3.05, 3.63) is 0 Å². The summed E-state index contributed by atoms with van der Waals surface area (Å²) < 4.78 is 0. The third kappa shape index (κ3) is 2.12. The third-order valence-electron chi connectivity index (χ3n) is 3.55. The highest BCUT2D eigenvalue weighted by molar-refractivity contribution is 4.94. The monoisotopic (exact) mass is 198 g/mol. The van der Waals surface area contributed by atoms with E-state index in [-0.39, 0.29) is 5.54 Å². The Kier molecular flexibility index (Phi) is 3.27. The molecular weight excluding hydrogens is 172 g/mol. The summed E-state index contributed by atoms with van der Waals surface area (Å²) in [6.07, 6.45) is 0. The van der Waals surface area contributed by atoms with Gasteiger partial charge in [0.15, 0.2) is 0 Å². The van der Waals surface area contributed by atoms with Gasteiger partial charge in [0.25, 0.3) is 0 Å². The van der Waals surface area contributed by atoms with Gasteiger partial charge in [0.05, 0.1) is 6.67 Å². The Hall–Kier alpha value is -0.0800. The van der Waals surface area contributed by atoms with E-state index in [1.165, 1.54) is 0 Å². The Bertz CT molecular complexity index is 193. The molecule has 0 bridgehead atoms. The van der Waals surface area contributed by atoms with Crippen LogP contribution in [0.2, 0.25) is 0 Å². The maximum absolute atomic E-state index is 2.59. The Morgan fingerprint density at radius 1 is 1.07 bits per heavy atom. The van der Waals surface area contributed by atoms with Gasteiger partial charge in [-0.25, -0.2) is 0 Å². The lowest BCUT2D eigenvalue weighted by Gasteiger charge is -2.35. The first kappa shape index (κ1) is 12.0. The van der Waals surface area contributed by atoms with Crippen LogP contribution in [0, 0.1) is 0 Å². The fourth-order valence-electron chi connectivity index (χ4n) is 2.43. The first-order valence-electron chi connectivity index (χ1n) is 5.77. The lowest BCUT2D eigenvalue weighted by molar-refractivity contribution is 0.105. The molecule has 1 fully saturated rings. The van der Waals surface area contributed by atoms with E-state index in [0.29, 0.717) is 18.1 Å². The molecule has 0 spiro atoms. The normalized spacial score (nSPS) is 31.7. The molecular formula is C12H26N2. The molecule has 0 aromatic heterocycles.